The molecule has 0 fully saturated rings. The molecule has 0 amide bonds. The van der Waals surface area contributed by atoms with Crippen LogP contribution in [0.3, 0.4) is 0 Å². The summed E-state index contributed by atoms with van der Waals surface area (Å²) >= 11 is 5.80. The number of oxazole rings is 1. The molecule has 2 N–H and O–H groups in total. The number of benzene rings is 1. The Morgan fingerprint density at radius 2 is 2.06 bits per heavy atom. The van der Waals surface area contributed by atoms with Crippen LogP contribution in [0.4, 0.5) is 0 Å². The highest BCUT2D eigenvalue weighted by Crippen LogP contribution is 2.15. The van der Waals surface area contributed by atoms with Crippen molar-refractivity contribution in [2.24, 2.45) is 5.73 Å². The van der Waals surface area contributed by atoms with E-state index in [1.165, 1.54) is 0 Å². The third-order valence-electron chi connectivity index (χ3n) is 2.30. The van der Waals surface area contributed by atoms with Gasteiger partial charge in [-0.05, 0) is 24.6 Å². The Morgan fingerprint density at radius 1 is 1.38 bits per heavy atom. The van der Waals surface area contributed by atoms with Crippen LogP contribution in [0.5, 0.6) is 0 Å². The minimum Gasteiger partial charge on any atom is -0.448 e. The largest absolute Gasteiger partial charge is 0.448 e. The monoisotopic (exact) mass is 236 g/mol. The molecule has 0 saturated carbocycles. The zero-order valence-electron chi connectivity index (χ0n) is 8.98. The summed E-state index contributed by atoms with van der Waals surface area (Å²) in [5.41, 5.74) is 7.60. The van der Waals surface area contributed by atoms with Gasteiger partial charge in [-0.3, -0.25) is 0 Å². The highest BCUT2D eigenvalue weighted by Gasteiger charge is 2.07. The minimum atomic E-state index is -0.0947. The zero-order valence-corrected chi connectivity index (χ0v) is 9.74. The molecule has 1 aromatic carbocycles. The number of rotatable bonds is 3. The van der Waals surface area contributed by atoms with Crippen LogP contribution in [0.25, 0.3) is 0 Å². The van der Waals surface area contributed by atoms with Crippen LogP contribution in [0.1, 0.15) is 30.1 Å². The molecule has 0 aliphatic carbocycles. The van der Waals surface area contributed by atoms with Crippen LogP contribution in [0.15, 0.2) is 34.9 Å². The molecule has 1 aromatic heterocycles. The molecule has 1 unspecified atom stereocenters. The summed E-state index contributed by atoms with van der Waals surface area (Å²) in [7, 11) is 0. The molecule has 2 rings (SSSR count). The Labute approximate surface area is 99.2 Å². The lowest BCUT2D eigenvalue weighted by Crippen LogP contribution is -2.05. The molecule has 16 heavy (non-hydrogen) atoms. The molecule has 0 bridgehead atoms. The maximum absolute atomic E-state index is 5.80. The fraction of sp³-hybridized carbons (Fsp3) is 0.250. The molecular weight excluding hydrogens is 224 g/mol. The van der Waals surface area contributed by atoms with Gasteiger partial charge in [0.25, 0.3) is 0 Å². The van der Waals surface area contributed by atoms with E-state index in [0.717, 1.165) is 16.3 Å². The van der Waals surface area contributed by atoms with Crippen LogP contribution in [0.2, 0.25) is 5.02 Å². The van der Waals surface area contributed by atoms with E-state index < -0.39 is 0 Å². The lowest BCUT2D eigenvalue weighted by atomic mass is 10.1. The number of hydrogen-bond donors (Lipinski definition) is 1. The lowest BCUT2D eigenvalue weighted by molar-refractivity contribution is 0.506. The van der Waals surface area contributed by atoms with Crippen LogP contribution < -0.4 is 5.73 Å². The molecule has 0 spiro atoms. The molecule has 1 atom stereocenters. The van der Waals surface area contributed by atoms with E-state index in [1.54, 1.807) is 6.26 Å². The number of nitrogens with zero attached hydrogens (tertiary/aromatic N) is 1. The van der Waals surface area contributed by atoms with Crippen LogP contribution in [0, 0.1) is 0 Å². The van der Waals surface area contributed by atoms with E-state index in [0.29, 0.717) is 12.3 Å². The molecule has 4 heteroatoms. The number of halogens is 1. The van der Waals surface area contributed by atoms with Crippen molar-refractivity contribution in [3.63, 3.8) is 0 Å². The average molecular weight is 237 g/mol. The van der Waals surface area contributed by atoms with E-state index in [4.69, 9.17) is 21.8 Å². The van der Waals surface area contributed by atoms with Crippen molar-refractivity contribution in [2.75, 3.05) is 0 Å². The second-order valence-electron chi connectivity index (χ2n) is 3.76. The fourth-order valence-electron chi connectivity index (χ4n) is 1.39. The maximum Gasteiger partial charge on any atom is 0.198 e. The van der Waals surface area contributed by atoms with Crippen molar-refractivity contribution in [1.29, 1.82) is 0 Å². The van der Waals surface area contributed by atoms with E-state index in [-0.39, 0.29) is 6.04 Å². The van der Waals surface area contributed by atoms with Crippen molar-refractivity contribution in [3.05, 3.63) is 52.7 Å². The van der Waals surface area contributed by atoms with Crippen molar-refractivity contribution in [2.45, 2.75) is 19.4 Å². The highest BCUT2D eigenvalue weighted by molar-refractivity contribution is 6.30. The molecule has 3 nitrogen and oxygen atoms in total. The quantitative estimate of drug-likeness (QED) is 0.892. The molecule has 0 saturated heterocycles. The standard InChI is InChI=1S/C12H13ClN2O/c1-8(14)11-7-16-12(15-11)6-9-2-4-10(13)5-3-9/h2-5,7-8H,6,14H2,1H3. The second kappa shape index (κ2) is 4.68. The van der Waals surface area contributed by atoms with E-state index in [1.807, 2.05) is 31.2 Å². The first-order chi connectivity index (χ1) is 7.65. The van der Waals surface area contributed by atoms with Gasteiger partial charge in [0, 0.05) is 17.5 Å². The van der Waals surface area contributed by atoms with Gasteiger partial charge >= 0.3 is 0 Å². The van der Waals surface area contributed by atoms with Crippen LogP contribution >= 0.6 is 11.6 Å². The zero-order chi connectivity index (χ0) is 11.5. The second-order valence-corrected chi connectivity index (χ2v) is 4.19. The van der Waals surface area contributed by atoms with Gasteiger partial charge in [-0.1, -0.05) is 23.7 Å². The first-order valence-electron chi connectivity index (χ1n) is 5.09. The molecular formula is C12H13ClN2O. The van der Waals surface area contributed by atoms with Crippen LogP contribution in [-0.4, -0.2) is 4.98 Å². The Balaban J connectivity index is 2.11. The molecule has 2 aromatic rings. The van der Waals surface area contributed by atoms with E-state index in [9.17, 15) is 0 Å². The smallest absolute Gasteiger partial charge is 0.198 e. The fourth-order valence-corrected chi connectivity index (χ4v) is 1.52. The van der Waals surface area contributed by atoms with Gasteiger partial charge in [0.1, 0.15) is 6.26 Å². The summed E-state index contributed by atoms with van der Waals surface area (Å²) in [6, 6.07) is 7.53. The van der Waals surface area contributed by atoms with Gasteiger partial charge < -0.3 is 10.2 Å². The number of nitrogens with two attached hydrogens (primary N) is 1. The lowest BCUT2D eigenvalue weighted by Gasteiger charge is -1.98. The molecule has 1 heterocycles. The van der Waals surface area contributed by atoms with Crippen molar-refractivity contribution in [1.82, 2.24) is 4.98 Å². The third-order valence-corrected chi connectivity index (χ3v) is 2.56. The van der Waals surface area contributed by atoms with Crippen LogP contribution in [-0.2, 0) is 6.42 Å². The average Bonchev–Trinajstić information content (AvgIpc) is 2.70. The summed E-state index contributed by atoms with van der Waals surface area (Å²) < 4.78 is 5.34. The van der Waals surface area contributed by atoms with Gasteiger partial charge in [-0.2, -0.15) is 0 Å². The SMILES string of the molecule is CC(N)c1coc(Cc2ccc(Cl)cc2)n1. The number of aromatic nitrogens is 1. The van der Waals surface area contributed by atoms with Gasteiger partial charge in [-0.15, -0.1) is 0 Å². The van der Waals surface area contributed by atoms with Gasteiger partial charge in [0.05, 0.1) is 5.69 Å². The van der Waals surface area contributed by atoms with Gasteiger partial charge in [0.2, 0.25) is 0 Å². The first-order valence-corrected chi connectivity index (χ1v) is 5.47. The van der Waals surface area contributed by atoms with E-state index in [2.05, 4.69) is 4.98 Å². The van der Waals surface area contributed by atoms with Gasteiger partial charge in [0.15, 0.2) is 5.89 Å². The normalized spacial score (nSPS) is 12.7. The first kappa shape index (κ1) is 11.2. The topological polar surface area (TPSA) is 52.0 Å². The summed E-state index contributed by atoms with van der Waals surface area (Å²) in [6.07, 6.45) is 2.26. The Bertz CT molecular complexity index is 462. The molecule has 0 aliphatic heterocycles. The summed E-state index contributed by atoms with van der Waals surface area (Å²) in [4.78, 5) is 4.30. The Kier molecular flexibility index (Phi) is 3.27. The third kappa shape index (κ3) is 2.62. The number of hydrogen-bond acceptors (Lipinski definition) is 3. The minimum absolute atomic E-state index is 0.0947. The van der Waals surface area contributed by atoms with Gasteiger partial charge in [-0.25, -0.2) is 4.98 Å². The summed E-state index contributed by atoms with van der Waals surface area (Å²) in [5, 5.41) is 0.729. The van der Waals surface area contributed by atoms with Crippen molar-refractivity contribution >= 4 is 11.6 Å². The van der Waals surface area contributed by atoms with Crippen molar-refractivity contribution < 1.29 is 4.42 Å². The summed E-state index contributed by atoms with van der Waals surface area (Å²) in [5.74, 6) is 0.676. The molecule has 84 valence electrons. The molecule has 0 radical (unpaired) electrons. The predicted molar refractivity (Wildman–Crippen MR) is 63.4 cm³/mol. The summed E-state index contributed by atoms with van der Waals surface area (Å²) in [6.45, 7) is 1.88. The maximum atomic E-state index is 5.80. The predicted octanol–water partition coefficient (Wildman–Crippen LogP) is 2.94. The molecule has 0 aliphatic rings. The highest BCUT2D eigenvalue weighted by atomic mass is 35.5. The Hall–Kier alpha value is -1.32. The van der Waals surface area contributed by atoms with Crippen molar-refractivity contribution in [3.8, 4) is 0 Å². The Morgan fingerprint density at radius 3 is 2.62 bits per heavy atom. The van der Waals surface area contributed by atoms with E-state index >= 15 is 0 Å².